The van der Waals surface area contributed by atoms with Crippen LogP contribution in [-0.2, 0) is 15.6 Å². The summed E-state index contributed by atoms with van der Waals surface area (Å²) in [7, 11) is -3.84. The normalized spacial score (nSPS) is 11.2. The van der Waals surface area contributed by atoms with Crippen molar-refractivity contribution in [3.63, 3.8) is 0 Å². The maximum absolute atomic E-state index is 12.8. The van der Waals surface area contributed by atoms with Gasteiger partial charge in [0.15, 0.2) is 15.5 Å². The maximum Gasteiger partial charge on any atom is 0.352 e. The fourth-order valence-corrected chi connectivity index (χ4v) is 4.97. The highest BCUT2D eigenvalue weighted by Crippen LogP contribution is 2.28. The highest BCUT2D eigenvalue weighted by molar-refractivity contribution is 7.90. The van der Waals surface area contributed by atoms with Crippen LogP contribution in [0.4, 0.5) is 5.82 Å². The molecule has 4 aromatic rings. The first-order valence-electron chi connectivity index (χ1n) is 8.53. The molecule has 0 fully saturated rings. The predicted octanol–water partition coefficient (Wildman–Crippen LogP) is 4.33. The average Bonchev–Trinajstić information content (AvgIpc) is 3.34. The van der Waals surface area contributed by atoms with Crippen molar-refractivity contribution in [3.8, 4) is 11.8 Å². The first-order valence-corrected chi connectivity index (χ1v) is 11.4. The van der Waals surface area contributed by atoms with Crippen LogP contribution in [0.3, 0.4) is 0 Å². The monoisotopic (exact) mass is 457 g/mol. The highest BCUT2D eigenvalue weighted by atomic mass is 35.5. The molecule has 7 nitrogen and oxygen atoms in total. The van der Waals surface area contributed by atoms with Crippen molar-refractivity contribution in [1.29, 1.82) is 0 Å². The van der Waals surface area contributed by atoms with Gasteiger partial charge in [-0.25, -0.2) is 13.4 Å². The number of thiophene rings is 1. The second-order valence-electron chi connectivity index (χ2n) is 6.20. The highest BCUT2D eigenvalue weighted by Gasteiger charge is 2.29. The van der Waals surface area contributed by atoms with Crippen molar-refractivity contribution in [3.05, 3.63) is 91.4 Å². The van der Waals surface area contributed by atoms with E-state index in [-0.39, 0.29) is 21.3 Å². The Hall–Kier alpha value is -3.19. The number of fused-ring (bicyclic) bond motifs is 1. The van der Waals surface area contributed by atoms with Gasteiger partial charge in [-0.05, 0) is 34.6 Å². The third-order valence-corrected chi connectivity index (χ3v) is 6.81. The van der Waals surface area contributed by atoms with Crippen LogP contribution >= 0.6 is 22.9 Å². The lowest BCUT2D eigenvalue weighted by Gasteiger charge is -2.02. The molecule has 0 aliphatic rings. The standard InChI is InChI=1S/C20H12ClN3O4S2/c21-15-11-14(8-9-16-5-4-10-29-16)19-22-18(20(24(25)26)23(19)12-15)13-30(27,28)17-6-2-1-3-7-17/h1-7,10-12H,13H2. The second-order valence-corrected chi connectivity index (χ2v) is 9.58. The van der Waals surface area contributed by atoms with Gasteiger partial charge in [-0.15, -0.1) is 11.3 Å². The SMILES string of the molecule is O=[N+]([O-])c1c(CS(=O)(=O)c2ccccc2)nc2c(C#Cc3cccs3)cc(Cl)cn12. The van der Waals surface area contributed by atoms with Gasteiger partial charge in [0.1, 0.15) is 11.9 Å². The van der Waals surface area contributed by atoms with Crippen molar-refractivity contribution in [2.45, 2.75) is 10.6 Å². The van der Waals surface area contributed by atoms with Gasteiger partial charge in [0.2, 0.25) is 5.65 Å². The van der Waals surface area contributed by atoms with Gasteiger partial charge >= 0.3 is 5.82 Å². The molecule has 0 amide bonds. The summed E-state index contributed by atoms with van der Waals surface area (Å²) >= 11 is 7.59. The molecule has 0 radical (unpaired) electrons. The Kier molecular flexibility index (Phi) is 5.30. The summed E-state index contributed by atoms with van der Waals surface area (Å²) in [6.07, 6.45) is 1.33. The van der Waals surface area contributed by atoms with E-state index in [0.29, 0.717) is 5.56 Å². The number of nitrogens with zero attached hydrogens (tertiary/aromatic N) is 3. The minimum absolute atomic E-state index is 0.0621. The number of hydrogen-bond acceptors (Lipinski definition) is 6. The molecule has 0 atom stereocenters. The Balaban J connectivity index is 1.88. The van der Waals surface area contributed by atoms with E-state index in [2.05, 4.69) is 16.8 Å². The zero-order valence-electron chi connectivity index (χ0n) is 15.1. The van der Waals surface area contributed by atoms with Crippen LogP contribution < -0.4 is 0 Å². The van der Waals surface area contributed by atoms with Gasteiger partial charge in [0.05, 0.1) is 20.4 Å². The summed E-state index contributed by atoms with van der Waals surface area (Å²) in [6, 6.07) is 13.0. The fourth-order valence-electron chi connectivity index (χ4n) is 2.90. The molecule has 0 unspecified atom stereocenters. The molecule has 10 heteroatoms. The lowest BCUT2D eigenvalue weighted by Crippen LogP contribution is -2.07. The van der Waals surface area contributed by atoms with Crippen molar-refractivity contribution < 1.29 is 13.3 Å². The van der Waals surface area contributed by atoms with Crippen LogP contribution in [-0.4, -0.2) is 22.7 Å². The summed E-state index contributed by atoms with van der Waals surface area (Å²) < 4.78 is 26.7. The number of pyridine rings is 1. The third kappa shape index (κ3) is 3.93. The molecule has 4 rings (SSSR count). The Bertz CT molecular complexity index is 1420. The minimum atomic E-state index is -3.84. The van der Waals surface area contributed by atoms with E-state index in [1.165, 1.54) is 34.1 Å². The van der Waals surface area contributed by atoms with Crippen molar-refractivity contribution >= 4 is 44.2 Å². The number of hydrogen-bond donors (Lipinski definition) is 0. The maximum atomic E-state index is 12.8. The summed E-state index contributed by atoms with van der Waals surface area (Å²) in [5.41, 5.74) is 0.362. The van der Waals surface area contributed by atoms with Crippen LogP contribution in [0.25, 0.3) is 5.65 Å². The van der Waals surface area contributed by atoms with Crippen LogP contribution in [0.15, 0.2) is 65.0 Å². The molecular formula is C20H12ClN3O4S2. The van der Waals surface area contributed by atoms with Crippen LogP contribution in [0.5, 0.6) is 0 Å². The zero-order valence-corrected chi connectivity index (χ0v) is 17.5. The molecule has 0 saturated carbocycles. The van der Waals surface area contributed by atoms with Gasteiger partial charge in [-0.2, -0.15) is 4.40 Å². The van der Waals surface area contributed by atoms with Gasteiger partial charge in [-0.1, -0.05) is 47.7 Å². The molecule has 30 heavy (non-hydrogen) atoms. The number of rotatable bonds is 4. The molecule has 0 saturated heterocycles. The van der Waals surface area contributed by atoms with E-state index in [1.54, 1.807) is 24.3 Å². The third-order valence-electron chi connectivity index (χ3n) is 4.17. The van der Waals surface area contributed by atoms with Crippen LogP contribution in [0, 0.1) is 22.0 Å². The van der Waals surface area contributed by atoms with Crippen LogP contribution in [0.1, 0.15) is 16.1 Å². The number of aromatic nitrogens is 2. The largest absolute Gasteiger partial charge is 0.358 e. The van der Waals surface area contributed by atoms with Crippen molar-refractivity contribution in [1.82, 2.24) is 9.38 Å². The van der Waals surface area contributed by atoms with Gasteiger partial charge < -0.3 is 10.1 Å². The first kappa shape index (κ1) is 20.1. The summed E-state index contributed by atoms with van der Waals surface area (Å²) in [5.74, 6) is 4.81. The fraction of sp³-hybridized carbons (Fsp3) is 0.0500. The smallest absolute Gasteiger partial charge is 0.352 e. The predicted molar refractivity (Wildman–Crippen MR) is 114 cm³/mol. The van der Waals surface area contributed by atoms with E-state index in [1.807, 2.05) is 17.5 Å². The van der Waals surface area contributed by atoms with E-state index in [0.717, 1.165) is 4.88 Å². The minimum Gasteiger partial charge on any atom is -0.358 e. The van der Waals surface area contributed by atoms with E-state index >= 15 is 0 Å². The summed E-state index contributed by atoms with van der Waals surface area (Å²) in [6.45, 7) is 0. The van der Waals surface area contributed by atoms with Gasteiger partial charge in [-0.3, -0.25) is 0 Å². The number of sulfone groups is 1. The Morgan fingerprint density at radius 1 is 1.17 bits per heavy atom. The van der Waals surface area contributed by atoms with Gasteiger partial charge in [0, 0.05) is 0 Å². The molecule has 0 aliphatic heterocycles. The molecule has 1 aromatic carbocycles. The van der Waals surface area contributed by atoms with E-state index in [9.17, 15) is 18.5 Å². The molecule has 0 bridgehead atoms. The molecule has 150 valence electrons. The van der Waals surface area contributed by atoms with Crippen molar-refractivity contribution in [2.75, 3.05) is 0 Å². The second kappa shape index (κ2) is 7.91. The Labute approximate surface area is 180 Å². The average molecular weight is 458 g/mol. The topological polar surface area (TPSA) is 94.6 Å². The molecule has 3 aromatic heterocycles. The Morgan fingerprint density at radius 3 is 2.60 bits per heavy atom. The summed E-state index contributed by atoms with van der Waals surface area (Å²) in [5, 5.41) is 13.9. The first-order chi connectivity index (χ1) is 14.3. The lowest BCUT2D eigenvalue weighted by atomic mass is 10.2. The Morgan fingerprint density at radius 2 is 1.93 bits per heavy atom. The van der Waals surface area contributed by atoms with Crippen molar-refractivity contribution in [2.24, 2.45) is 0 Å². The molecule has 3 heterocycles. The quantitative estimate of drug-likeness (QED) is 0.258. The number of benzene rings is 1. The number of nitro groups is 1. The number of halogens is 1. The zero-order chi connectivity index (χ0) is 21.3. The van der Waals surface area contributed by atoms with Gasteiger partial charge in [0.25, 0.3) is 0 Å². The molecule has 0 N–H and O–H groups in total. The lowest BCUT2D eigenvalue weighted by molar-refractivity contribution is -0.391. The van der Waals surface area contributed by atoms with Crippen LogP contribution in [0.2, 0.25) is 5.02 Å². The molecule has 0 spiro atoms. The van der Waals surface area contributed by atoms with E-state index < -0.39 is 26.3 Å². The molecular weight excluding hydrogens is 446 g/mol. The number of imidazole rings is 1. The summed E-state index contributed by atoms with van der Waals surface area (Å²) in [4.78, 5) is 16.2. The van der Waals surface area contributed by atoms with E-state index in [4.69, 9.17) is 11.6 Å². The molecule has 0 aliphatic carbocycles.